The van der Waals surface area contributed by atoms with Gasteiger partial charge in [-0.3, -0.25) is 4.98 Å². The Morgan fingerprint density at radius 1 is 1.23 bits per heavy atom. The molecule has 0 bridgehead atoms. The monoisotopic (exact) mass is 405 g/mol. The molecule has 132 valence electrons. The Morgan fingerprint density at radius 2 is 2.08 bits per heavy atom. The van der Waals surface area contributed by atoms with Crippen molar-refractivity contribution in [1.29, 1.82) is 0 Å². The Kier molecular flexibility index (Phi) is 4.14. The summed E-state index contributed by atoms with van der Waals surface area (Å²) in [5, 5.41) is 1.71. The normalized spacial score (nSPS) is 11.8. The first kappa shape index (κ1) is 17.0. The molecule has 0 saturated heterocycles. The highest BCUT2D eigenvalue weighted by molar-refractivity contribution is 7.93. The number of hydrogen-bond donors (Lipinski definition) is 1. The van der Waals surface area contributed by atoms with Crippen molar-refractivity contribution in [1.82, 2.24) is 19.3 Å². The molecule has 0 atom stereocenters. The molecule has 0 saturated carbocycles. The summed E-state index contributed by atoms with van der Waals surface area (Å²) in [6, 6.07) is 6.75. The molecule has 1 aromatic carbocycles. The number of anilines is 1. The molecule has 10 heteroatoms. The van der Waals surface area contributed by atoms with Crippen molar-refractivity contribution < 1.29 is 8.42 Å². The van der Waals surface area contributed by atoms with E-state index in [4.69, 9.17) is 11.6 Å². The molecule has 3 aromatic heterocycles. The van der Waals surface area contributed by atoms with E-state index in [1.54, 1.807) is 36.8 Å². The summed E-state index contributed by atoms with van der Waals surface area (Å²) in [6.45, 7) is 0. The standard InChI is InChI=1S/C16H12ClN5O2S2/c1-22(16-20-9-21-25-16)26(23,24)10-2-3-12-13(7-19-15(12)6-10)11-4-5-18-8-14(11)17/h2-9,19H,1H3. The molecule has 0 aliphatic carbocycles. The molecule has 0 aliphatic heterocycles. The fourth-order valence-corrected chi connectivity index (χ4v) is 4.74. The highest BCUT2D eigenvalue weighted by atomic mass is 35.5. The van der Waals surface area contributed by atoms with Crippen LogP contribution < -0.4 is 4.31 Å². The Balaban J connectivity index is 1.79. The Morgan fingerprint density at radius 3 is 2.81 bits per heavy atom. The van der Waals surface area contributed by atoms with Crippen LogP contribution in [0.5, 0.6) is 0 Å². The molecular formula is C16H12ClN5O2S2. The van der Waals surface area contributed by atoms with Crippen LogP contribution in [-0.4, -0.2) is 34.8 Å². The summed E-state index contributed by atoms with van der Waals surface area (Å²) in [5.74, 6) is 0. The first-order valence-corrected chi connectivity index (χ1v) is 10.0. The maximum atomic E-state index is 12.8. The number of rotatable bonds is 4. The zero-order valence-corrected chi connectivity index (χ0v) is 15.8. The number of benzene rings is 1. The molecule has 0 unspecified atom stereocenters. The van der Waals surface area contributed by atoms with Crippen molar-refractivity contribution in [2.24, 2.45) is 0 Å². The summed E-state index contributed by atoms with van der Waals surface area (Å²) < 4.78 is 30.6. The van der Waals surface area contributed by atoms with Gasteiger partial charge in [0.25, 0.3) is 10.0 Å². The molecule has 26 heavy (non-hydrogen) atoms. The van der Waals surface area contributed by atoms with Crippen molar-refractivity contribution in [3.63, 3.8) is 0 Å². The SMILES string of the molecule is CN(c1ncns1)S(=O)(=O)c1ccc2c(-c3ccncc3Cl)c[nH]c2c1. The van der Waals surface area contributed by atoms with Crippen molar-refractivity contribution in [3.8, 4) is 11.1 Å². The molecule has 4 aromatic rings. The summed E-state index contributed by atoms with van der Waals surface area (Å²) in [5.41, 5.74) is 2.41. The number of fused-ring (bicyclic) bond motifs is 1. The van der Waals surface area contributed by atoms with Crippen LogP contribution in [0.25, 0.3) is 22.0 Å². The van der Waals surface area contributed by atoms with Gasteiger partial charge < -0.3 is 4.98 Å². The number of pyridine rings is 1. The minimum absolute atomic E-state index is 0.164. The first-order valence-electron chi connectivity index (χ1n) is 7.45. The second kappa shape index (κ2) is 6.35. The van der Waals surface area contributed by atoms with Crippen molar-refractivity contribution in [3.05, 3.63) is 54.2 Å². The van der Waals surface area contributed by atoms with Crippen LogP contribution in [0.1, 0.15) is 0 Å². The van der Waals surface area contributed by atoms with E-state index in [1.807, 2.05) is 6.07 Å². The molecule has 0 spiro atoms. The fraction of sp³-hybridized carbons (Fsp3) is 0.0625. The predicted octanol–water partition coefficient (Wildman–Crippen LogP) is 3.56. The average molecular weight is 406 g/mol. The lowest BCUT2D eigenvalue weighted by Crippen LogP contribution is -2.26. The smallest absolute Gasteiger partial charge is 0.265 e. The molecular weight excluding hydrogens is 394 g/mol. The quantitative estimate of drug-likeness (QED) is 0.560. The number of aromatic amines is 1. The number of nitrogens with one attached hydrogen (secondary N) is 1. The highest BCUT2D eigenvalue weighted by Crippen LogP contribution is 2.34. The van der Waals surface area contributed by atoms with Crippen LogP contribution in [0.2, 0.25) is 5.02 Å². The van der Waals surface area contributed by atoms with Gasteiger partial charge in [0.1, 0.15) is 6.33 Å². The first-order chi connectivity index (χ1) is 12.5. The van der Waals surface area contributed by atoms with Crippen molar-refractivity contribution in [2.75, 3.05) is 11.4 Å². The molecule has 4 rings (SSSR count). The Hall–Kier alpha value is -2.49. The van der Waals surface area contributed by atoms with Gasteiger partial charge in [0.15, 0.2) is 0 Å². The number of sulfonamides is 1. The number of nitrogens with zero attached hydrogens (tertiary/aromatic N) is 4. The van der Waals surface area contributed by atoms with Crippen LogP contribution in [-0.2, 0) is 10.0 Å². The molecule has 7 nitrogen and oxygen atoms in total. The van der Waals surface area contributed by atoms with Crippen LogP contribution >= 0.6 is 23.1 Å². The van der Waals surface area contributed by atoms with E-state index in [2.05, 4.69) is 19.3 Å². The van der Waals surface area contributed by atoms with E-state index in [1.165, 1.54) is 13.4 Å². The van der Waals surface area contributed by atoms with Gasteiger partial charge in [0.2, 0.25) is 5.13 Å². The summed E-state index contributed by atoms with van der Waals surface area (Å²) >= 11 is 7.24. The second-order valence-corrected chi connectivity index (χ2v) is 8.60. The summed E-state index contributed by atoms with van der Waals surface area (Å²) in [7, 11) is -2.28. The number of hydrogen-bond acceptors (Lipinski definition) is 6. The molecule has 0 radical (unpaired) electrons. The molecule has 3 heterocycles. The topological polar surface area (TPSA) is 91.8 Å². The van der Waals surface area contributed by atoms with Gasteiger partial charge in [-0.25, -0.2) is 17.7 Å². The van der Waals surface area contributed by atoms with Crippen LogP contribution in [0.4, 0.5) is 5.13 Å². The molecule has 0 fully saturated rings. The van der Waals surface area contributed by atoms with E-state index in [0.717, 1.165) is 32.4 Å². The Labute approximate surface area is 158 Å². The van der Waals surface area contributed by atoms with Crippen LogP contribution in [0.15, 0.2) is 54.1 Å². The van der Waals surface area contributed by atoms with Crippen LogP contribution in [0.3, 0.4) is 0 Å². The minimum Gasteiger partial charge on any atom is -0.361 e. The van der Waals surface area contributed by atoms with Crippen molar-refractivity contribution in [2.45, 2.75) is 4.90 Å². The third kappa shape index (κ3) is 2.74. The maximum absolute atomic E-state index is 12.8. The van der Waals surface area contributed by atoms with Gasteiger partial charge in [0.05, 0.1) is 9.92 Å². The van der Waals surface area contributed by atoms with E-state index in [9.17, 15) is 8.42 Å². The third-order valence-electron chi connectivity index (χ3n) is 3.99. The van der Waals surface area contributed by atoms with Gasteiger partial charge in [-0.15, -0.1) is 0 Å². The summed E-state index contributed by atoms with van der Waals surface area (Å²) in [6.07, 6.45) is 6.36. The zero-order chi connectivity index (χ0) is 18.3. The van der Waals surface area contributed by atoms with Gasteiger partial charge >= 0.3 is 0 Å². The third-order valence-corrected chi connectivity index (χ3v) is 6.90. The fourth-order valence-electron chi connectivity index (χ4n) is 2.65. The summed E-state index contributed by atoms with van der Waals surface area (Å²) in [4.78, 5) is 11.2. The average Bonchev–Trinajstić information content (AvgIpc) is 3.31. The second-order valence-electron chi connectivity index (χ2n) is 5.46. The van der Waals surface area contributed by atoms with E-state index in [0.29, 0.717) is 15.7 Å². The Bertz CT molecular complexity index is 1190. The van der Waals surface area contributed by atoms with Gasteiger partial charge in [-0.2, -0.15) is 4.37 Å². The lowest BCUT2D eigenvalue weighted by atomic mass is 10.1. The lowest BCUT2D eigenvalue weighted by Gasteiger charge is -2.15. The minimum atomic E-state index is -3.73. The van der Waals surface area contributed by atoms with Crippen LogP contribution in [0, 0.1) is 0 Å². The van der Waals surface area contributed by atoms with E-state index in [-0.39, 0.29) is 4.90 Å². The van der Waals surface area contributed by atoms with E-state index >= 15 is 0 Å². The highest BCUT2D eigenvalue weighted by Gasteiger charge is 2.24. The molecule has 0 amide bonds. The van der Waals surface area contributed by atoms with Gasteiger partial charge in [0, 0.05) is 59.2 Å². The number of aromatic nitrogens is 4. The molecule has 0 aliphatic rings. The molecule has 1 N–H and O–H groups in total. The van der Waals surface area contributed by atoms with Gasteiger partial charge in [-0.1, -0.05) is 17.7 Å². The number of H-pyrrole nitrogens is 1. The van der Waals surface area contributed by atoms with Crippen molar-refractivity contribution >= 4 is 49.2 Å². The number of halogens is 1. The zero-order valence-electron chi connectivity index (χ0n) is 13.4. The maximum Gasteiger partial charge on any atom is 0.265 e. The van der Waals surface area contributed by atoms with Gasteiger partial charge in [-0.05, 0) is 18.2 Å². The predicted molar refractivity (Wildman–Crippen MR) is 102 cm³/mol. The van der Waals surface area contributed by atoms with E-state index < -0.39 is 10.0 Å². The lowest BCUT2D eigenvalue weighted by molar-refractivity contribution is 0.594. The largest absolute Gasteiger partial charge is 0.361 e.